The van der Waals surface area contributed by atoms with Crippen molar-refractivity contribution in [1.82, 2.24) is 9.97 Å². The van der Waals surface area contributed by atoms with E-state index in [9.17, 15) is 0 Å². The van der Waals surface area contributed by atoms with E-state index < -0.39 is 0 Å². The Balaban J connectivity index is 2.42. The molecule has 0 saturated carbocycles. The van der Waals surface area contributed by atoms with Crippen LogP contribution in [0.3, 0.4) is 0 Å². The maximum atomic E-state index is 5.81. The largest absolute Gasteiger partial charge is 0.399 e. The molecule has 0 saturated heterocycles. The van der Waals surface area contributed by atoms with Crippen LogP contribution < -0.4 is 10.6 Å². The van der Waals surface area contributed by atoms with Crippen molar-refractivity contribution in [2.75, 3.05) is 23.7 Å². The van der Waals surface area contributed by atoms with Gasteiger partial charge in [-0.3, -0.25) is 0 Å². The number of hydrogen-bond acceptors (Lipinski definition) is 4. The van der Waals surface area contributed by atoms with E-state index in [0.29, 0.717) is 5.92 Å². The highest BCUT2D eigenvalue weighted by molar-refractivity contribution is 5.91. The van der Waals surface area contributed by atoms with Crippen LogP contribution in [-0.2, 0) is 0 Å². The van der Waals surface area contributed by atoms with Crippen molar-refractivity contribution in [3.05, 3.63) is 24.5 Å². The maximum absolute atomic E-state index is 5.81. The molecular formula is C15H22N4. The Morgan fingerprint density at radius 1 is 1.26 bits per heavy atom. The van der Waals surface area contributed by atoms with Gasteiger partial charge in [0.15, 0.2) is 0 Å². The molecule has 0 aliphatic carbocycles. The highest BCUT2D eigenvalue weighted by atomic mass is 15.2. The molecule has 2 aromatic rings. The van der Waals surface area contributed by atoms with E-state index >= 15 is 0 Å². The van der Waals surface area contributed by atoms with E-state index in [0.717, 1.165) is 35.5 Å². The van der Waals surface area contributed by atoms with Gasteiger partial charge in [-0.2, -0.15) is 0 Å². The lowest BCUT2D eigenvalue weighted by Gasteiger charge is -2.26. The van der Waals surface area contributed by atoms with Gasteiger partial charge in [-0.25, -0.2) is 9.97 Å². The molecular weight excluding hydrogens is 236 g/mol. The van der Waals surface area contributed by atoms with Crippen LogP contribution in [0.1, 0.15) is 27.2 Å². The number of benzene rings is 1. The molecule has 19 heavy (non-hydrogen) atoms. The number of nitrogens with two attached hydrogens (primary N) is 1. The zero-order chi connectivity index (χ0) is 13.8. The Kier molecular flexibility index (Phi) is 4.20. The van der Waals surface area contributed by atoms with Gasteiger partial charge in [0.25, 0.3) is 0 Å². The summed E-state index contributed by atoms with van der Waals surface area (Å²) in [6.07, 6.45) is 2.79. The molecule has 2 N–H and O–H groups in total. The third kappa shape index (κ3) is 2.95. The average molecular weight is 258 g/mol. The van der Waals surface area contributed by atoms with Gasteiger partial charge >= 0.3 is 0 Å². The second kappa shape index (κ2) is 5.87. The van der Waals surface area contributed by atoms with Gasteiger partial charge in [0.2, 0.25) is 0 Å². The summed E-state index contributed by atoms with van der Waals surface area (Å²) in [5.41, 5.74) is 7.46. The summed E-state index contributed by atoms with van der Waals surface area (Å²) in [6.45, 7) is 8.61. The first-order chi connectivity index (χ1) is 9.15. The summed E-state index contributed by atoms with van der Waals surface area (Å²) in [7, 11) is 0. The van der Waals surface area contributed by atoms with E-state index in [1.807, 2.05) is 18.2 Å². The quantitative estimate of drug-likeness (QED) is 0.837. The first-order valence-electron chi connectivity index (χ1n) is 6.90. The smallest absolute Gasteiger partial charge is 0.139 e. The van der Waals surface area contributed by atoms with Crippen molar-refractivity contribution in [1.29, 1.82) is 0 Å². The first-order valence-corrected chi connectivity index (χ1v) is 6.90. The number of aromatic nitrogens is 2. The molecule has 0 amide bonds. The topological polar surface area (TPSA) is 55.0 Å². The second-order valence-electron chi connectivity index (χ2n) is 5.03. The zero-order valence-corrected chi connectivity index (χ0v) is 11.9. The fourth-order valence-corrected chi connectivity index (χ4v) is 2.18. The molecule has 1 aromatic carbocycles. The maximum Gasteiger partial charge on any atom is 0.139 e. The SMILES string of the molecule is CCC(C)CN(CC)c1ncnc2cc(N)ccc12. The summed E-state index contributed by atoms with van der Waals surface area (Å²) < 4.78 is 0. The van der Waals surface area contributed by atoms with Gasteiger partial charge in [0.1, 0.15) is 12.1 Å². The fraction of sp³-hybridized carbons (Fsp3) is 0.467. The van der Waals surface area contributed by atoms with Gasteiger partial charge in [-0.15, -0.1) is 0 Å². The number of anilines is 2. The molecule has 1 heterocycles. The van der Waals surface area contributed by atoms with Crippen LogP contribution in [0.15, 0.2) is 24.5 Å². The van der Waals surface area contributed by atoms with Crippen LogP contribution in [-0.4, -0.2) is 23.1 Å². The molecule has 4 nitrogen and oxygen atoms in total. The van der Waals surface area contributed by atoms with Crippen molar-refractivity contribution < 1.29 is 0 Å². The van der Waals surface area contributed by atoms with E-state index in [1.165, 1.54) is 6.42 Å². The molecule has 2 rings (SSSR count). The molecule has 0 aliphatic heterocycles. The number of nitrogen functional groups attached to an aromatic ring is 1. The predicted molar refractivity (Wildman–Crippen MR) is 81.3 cm³/mol. The molecule has 0 radical (unpaired) electrons. The summed E-state index contributed by atoms with van der Waals surface area (Å²) in [6, 6.07) is 5.82. The van der Waals surface area contributed by atoms with E-state index in [2.05, 4.69) is 35.6 Å². The molecule has 0 spiro atoms. The highest BCUT2D eigenvalue weighted by Crippen LogP contribution is 2.25. The van der Waals surface area contributed by atoms with Crippen molar-refractivity contribution >= 4 is 22.4 Å². The van der Waals surface area contributed by atoms with Crippen LogP contribution in [0.4, 0.5) is 11.5 Å². The van der Waals surface area contributed by atoms with Crippen LogP contribution in [0.5, 0.6) is 0 Å². The van der Waals surface area contributed by atoms with E-state index in [1.54, 1.807) is 6.33 Å². The first kappa shape index (κ1) is 13.6. The normalized spacial score (nSPS) is 12.6. The molecule has 102 valence electrons. The summed E-state index contributed by atoms with van der Waals surface area (Å²) in [5.74, 6) is 1.66. The van der Waals surface area contributed by atoms with Crippen LogP contribution in [0.2, 0.25) is 0 Å². The lowest BCUT2D eigenvalue weighted by Crippen LogP contribution is -2.29. The fourth-order valence-electron chi connectivity index (χ4n) is 2.18. The van der Waals surface area contributed by atoms with Crippen LogP contribution in [0.25, 0.3) is 10.9 Å². The lowest BCUT2D eigenvalue weighted by atomic mass is 10.1. The van der Waals surface area contributed by atoms with Gasteiger partial charge in [-0.05, 0) is 31.0 Å². The molecule has 1 aromatic heterocycles. The van der Waals surface area contributed by atoms with Crippen molar-refractivity contribution in [2.45, 2.75) is 27.2 Å². The minimum atomic E-state index is 0.652. The van der Waals surface area contributed by atoms with Gasteiger partial charge in [-0.1, -0.05) is 20.3 Å². The van der Waals surface area contributed by atoms with E-state index in [4.69, 9.17) is 5.73 Å². The molecule has 0 fully saturated rings. The van der Waals surface area contributed by atoms with Crippen molar-refractivity contribution in [2.24, 2.45) is 5.92 Å². The third-order valence-electron chi connectivity index (χ3n) is 3.55. The molecule has 1 unspecified atom stereocenters. The molecule has 1 atom stereocenters. The van der Waals surface area contributed by atoms with E-state index in [-0.39, 0.29) is 0 Å². The minimum absolute atomic E-state index is 0.652. The van der Waals surface area contributed by atoms with Gasteiger partial charge < -0.3 is 10.6 Å². The number of nitrogens with zero attached hydrogens (tertiary/aromatic N) is 3. The van der Waals surface area contributed by atoms with Crippen molar-refractivity contribution in [3.8, 4) is 0 Å². The number of fused-ring (bicyclic) bond motifs is 1. The Labute approximate surface area is 114 Å². The Morgan fingerprint density at radius 2 is 2.05 bits per heavy atom. The van der Waals surface area contributed by atoms with Crippen LogP contribution >= 0.6 is 0 Å². The standard InChI is InChI=1S/C15H22N4/c1-4-11(3)9-19(5-2)15-13-7-6-12(16)8-14(13)17-10-18-15/h6-8,10-11H,4-5,9,16H2,1-3H3. The molecule has 0 bridgehead atoms. The number of hydrogen-bond donors (Lipinski definition) is 1. The van der Waals surface area contributed by atoms with Gasteiger partial charge in [0, 0.05) is 24.2 Å². The zero-order valence-electron chi connectivity index (χ0n) is 11.9. The Morgan fingerprint density at radius 3 is 2.74 bits per heavy atom. The highest BCUT2D eigenvalue weighted by Gasteiger charge is 2.13. The summed E-state index contributed by atoms with van der Waals surface area (Å²) >= 11 is 0. The molecule has 4 heteroatoms. The predicted octanol–water partition coefficient (Wildman–Crippen LogP) is 3.08. The Bertz CT molecular complexity index is 553. The monoisotopic (exact) mass is 258 g/mol. The molecule has 0 aliphatic rings. The third-order valence-corrected chi connectivity index (χ3v) is 3.55. The summed E-state index contributed by atoms with van der Waals surface area (Å²) in [4.78, 5) is 11.1. The van der Waals surface area contributed by atoms with Gasteiger partial charge in [0.05, 0.1) is 5.52 Å². The Hall–Kier alpha value is -1.84. The lowest BCUT2D eigenvalue weighted by molar-refractivity contribution is 0.546. The van der Waals surface area contributed by atoms with Crippen LogP contribution in [0, 0.1) is 5.92 Å². The number of rotatable bonds is 5. The second-order valence-corrected chi connectivity index (χ2v) is 5.03. The average Bonchev–Trinajstić information content (AvgIpc) is 2.43. The minimum Gasteiger partial charge on any atom is -0.399 e. The summed E-state index contributed by atoms with van der Waals surface area (Å²) in [5, 5.41) is 1.07. The van der Waals surface area contributed by atoms with Crippen molar-refractivity contribution in [3.63, 3.8) is 0 Å².